The van der Waals surface area contributed by atoms with Crippen LogP contribution in [0.25, 0.3) is 11.4 Å². The molecule has 1 fully saturated rings. The summed E-state index contributed by atoms with van der Waals surface area (Å²) in [6, 6.07) is 15.7. The van der Waals surface area contributed by atoms with Gasteiger partial charge in [-0.2, -0.15) is 0 Å². The molecule has 0 bridgehead atoms. The molecule has 0 radical (unpaired) electrons. The van der Waals surface area contributed by atoms with E-state index in [9.17, 15) is 5.11 Å². The van der Waals surface area contributed by atoms with Gasteiger partial charge in [-0.05, 0) is 44.0 Å². The Morgan fingerprint density at radius 1 is 0.926 bits per heavy atom. The number of piperidine rings is 1. The highest BCUT2D eigenvalue weighted by Crippen LogP contribution is 2.30. The van der Waals surface area contributed by atoms with Crippen LogP contribution in [0.5, 0.6) is 0 Å². The van der Waals surface area contributed by atoms with Gasteiger partial charge in [0.05, 0.1) is 11.8 Å². The zero-order chi connectivity index (χ0) is 18.5. The molecule has 3 heterocycles. The molecule has 0 saturated carbocycles. The van der Waals surface area contributed by atoms with Crippen LogP contribution in [0.3, 0.4) is 0 Å². The quantitative estimate of drug-likeness (QED) is 0.755. The second kappa shape index (κ2) is 8.37. The summed E-state index contributed by atoms with van der Waals surface area (Å²) in [5.74, 6) is 1.03. The molecule has 5 heteroatoms. The molecule has 1 saturated heterocycles. The maximum absolute atomic E-state index is 10.6. The molecule has 5 nitrogen and oxygen atoms in total. The van der Waals surface area contributed by atoms with Crippen molar-refractivity contribution in [1.82, 2.24) is 19.9 Å². The number of benzene rings is 1. The zero-order valence-corrected chi connectivity index (χ0v) is 15.3. The summed E-state index contributed by atoms with van der Waals surface area (Å²) >= 11 is 0. The van der Waals surface area contributed by atoms with Crippen molar-refractivity contribution in [1.29, 1.82) is 0 Å². The van der Waals surface area contributed by atoms with E-state index in [4.69, 9.17) is 0 Å². The minimum Gasteiger partial charge on any atom is -0.387 e. The Morgan fingerprint density at radius 3 is 2.30 bits per heavy atom. The Kier molecular flexibility index (Phi) is 5.51. The Morgan fingerprint density at radius 2 is 1.63 bits per heavy atom. The zero-order valence-electron chi connectivity index (χ0n) is 15.3. The Bertz CT molecular complexity index is 831. The van der Waals surface area contributed by atoms with Gasteiger partial charge in [-0.25, -0.2) is 9.97 Å². The summed E-state index contributed by atoms with van der Waals surface area (Å²) in [5.41, 5.74) is 2.94. The monoisotopic (exact) mass is 360 g/mol. The predicted molar refractivity (Wildman–Crippen MR) is 105 cm³/mol. The molecule has 0 aliphatic carbocycles. The first kappa shape index (κ1) is 17.8. The molecule has 0 spiro atoms. The van der Waals surface area contributed by atoms with E-state index in [-0.39, 0.29) is 5.92 Å². The van der Waals surface area contributed by atoms with Crippen molar-refractivity contribution in [2.45, 2.75) is 25.5 Å². The van der Waals surface area contributed by atoms with Crippen LogP contribution in [0.4, 0.5) is 0 Å². The van der Waals surface area contributed by atoms with Gasteiger partial charge in [-0.15, -0.1) is 0 Å². The SMILES string of the molecule is OC(c1ccccn1)C1CCN(Cc2cnc(-c3ccccc3)nc2)CC1. The maximum Gasteiger partial charge on any atom is 0.159 e. The Hall–Kier alpha value is -2.63. The first-order valence-electron chi connectivity index (χ1n) is 9.47. The van der Waals surface area contributed by atoms with Gasteiger partial charge in [0.1, 0.15) is 0 Å². The average Bonchev–Trinajstić information content (AvgIpc) is 2.76. The van der Waals surface area contributed by atoms with Crippen molar-refractivity contribution in [3.05, 3.63) is 78.4 Å². The van der Waals surface area contributed by atoms with Crippen LogP contribution in [0.15, 0.2) is 67.1 Å². The molecule has 3 aromatic rings. The largest absolute Gasteiger partial charge is 0.387 e. The summed E-state index contributed by atoms with van der Waals surface area (Å²) in [5, 5.41) is 10.6. The van der Waals surface area contributed by atoms with Crippen molar-refractivity contribution in [3.8, 4) is 11.4 Å². The third kappa shape index (κ3) is 4.38. The lowest BCUT2D eigenvalue weighted by Gasteiger charge is -2.33. The standard InChI is InChI=1S/C22H24N4O/c27-21(20-8-4-5-11-23-20)18-9-12-26(13-10-18)16-17-14-24-22(25-15-17)19-6-2-1-3-7-19/h1-8,11,14-15,18,21,27H,9-10,12-13,16H2. The maximum atomic E-state index is 10.6. The minimum absolute atomic E-state index is 0.271. The summed E-state index contributed by atoms with van der Waals surface area (Å²) < 4.78 is 0. The molecule has 138 valence electrons. The van der Waals surface area contributed by atoms with Crippen LogP contribution < -0.4 is 0 Å². The van der Waals surface area contributed by atoms with Crippen molar-refractivity contribution in [3.63, 3.8) is 0 Å². The van der Waals surface area contributed by atoms with Crippen LogP contribution in [0, 0.1) is 5.92 Å². The van der Waals surface area contributed by atoms with E-state index in [1.807, 2.05) is 60.9 Å². The van der Waals surface area contributed by atoms with Crippen molar-refractivity contribution in [2.24, 2.45) is 5.92 Å². The van der Waals surface area contributed by atoms with E-state index >= 15 is 0 Å². The lowest BCUT2D eigenvalue weighted by atomic mass is 9.89. The van der Waals surface area contributed by atoms with E-state index in [0.717, 1.165) is 55.1 Å². The molecule has 1 unspecified atom stereocenters. The number of rotatable bonds is 5. The van der Waals surface area contributed by atoms with Crippen molar-refractivity contribution in [2.75, 3.05) is 13.1 Å². The fourth-order valence-electron chi connectivity index (χ4n) is 3.65. The number of hydrogen-bond donors (Lipinski definition) is 1. The molecule has 27 heavy (non-hydrogen) atoms. The number of aliphatic hydroxyl groups excluding tert-OH is 1. The van der Waals surface area contributed by atoms with Crippen LogP contribution in [-0.4, -0.2) is 38.0 Å². The van der Waals surface area contributed by atoms with E-state index in [1.54, 1.807) is 6.20 Å². The predicted octanol–water partition coefficient (Wildman–Crippen LogP) is 3.48. The normalized spacial score (nSPS) is 16.9. The van der Waals surface area contributed by atoms with Crippen LogP contribution in [0.1, 0.15) is 30.2 Å². The van der Waals surface area contributed by atoms with Crippen molar-refractivity contribution < 1.29 is 5.11 Å². The molecule has 1 N–H and O–H groups in total. The second-order valence-corrected chi connectivity index (χ2v) is 7.09. The van der Waals surface area contributed by atoms with Gasteiger partial charge in [-0.1, -0.05) is 36.4 Å². The number of nitrogens with zero attached hydrogens (tertiary/aromatic N) is 4. The van der Waals surface area contributed by atoms with Crippen LogP contribution in [0.2, 0.25) is 0 Å². The highest BCUT2D eigenvalue weighted by Gasteiger charge is 2.26. The molecule has 1 atom stereocenters. The molecule has 2 aromatic heterocycles. The smallest absolute Gasteiger partial charge is 0.159 e. The van der Waals surface area contributed by atoms with E-state index in [0.29, 0.717) is 0 Å². The first-order chi connectivity index (χ1) is 13.3. The van der Waals surface area contributed by atoms with Gasteiger partial charge in [-0.3, -0.25) is 9.88 Å². The van der Waals surface area contributed by atoms with Gasteiger partial charge >= 0.3 is 0 Å². The van der Waals surface area contributed by atoms with E-state index < -0.39 is 6.10 Å². The van der Waals surface area contributed by atoms with Gasteiger partial charge in [0, 0.05) is 36.3 Å². The Balaban J connectivity index is 1.31. The second-order valence-electron chi connectivity index (χ2n) is 7.09. The number of hydrogen-bond acceptors (Lipinski definition) is 5. The lowest BCUT2D eigenvalue weighted by Crippen LogP contribution is -2.35. The lowest BCUT2D eigenvalue weighted by molar-refractivity contribution is 0.0539. The minimum atomic E-state index is -0.471. The van der Waals surface area contributed by atoms with Crippen LogP contribution in [-0.2, 0) is 6.54 Å². The highest BCUT2D eigenvalue weighted by molar-refractivity contribution is 5.53. The molecule has 1 aromatic carbocycles. The molecule has 1 aliphatic rings. The number of aliphatic hydroxyl groups is 1. The topological polar surface area (TPSA) is 62.1 Å². The number of likely N-dealkylation sites (tertiary alicyclic amines) is 1. The number of aromatic nitrogens is 3. The van der Waals surface area contributed by atoms with Gasteiger partial charge in [0.2, 0.25) is 0 Å². The van der Waals surface area contributed by atoms with Gasteiger partial charge in [0.25, 0.3) is 0 Å². The average molecular weight is 360 g/mol. The first-order valence-corrected chi connectivity index (χ1v) is 9.47. The third-order valence-corrected chi connectivity index (χ3v) is 5.21. The molecule has 1 aliphatic heterocycles. The number of pyridine rings is 1. The molecule has 4 rings (SSSR count). The van der Waals surface area contributed by atoms with Gasteiger partial charge in [0.15, 0.2) is 5.82 Å². The summed E-state index contributed by atoms with van der Waals surface area (Å²) in [7, 11) is 0. The summed E-state index contributed by atoms with van der Waals surface area (Å²) in [4.78, 5) is 15.7. The highest BCUT2D eigenvalue weighted by atomic mass is 16.3. The van der Waals surface area contributed by atoms with E-state index in [1.165, 1.54) is 0 Å². The van der Waals surface area contributed by atoms with Crippen LogP contribution >= 0.6 is 0 Å². The van der Waals surface area contributed by atoms with Crippen molar-refractivity contribution >= 4 is 0 Å². The molecular formula is C22H24N4O. The fourth-order valence-corrected chi connectivity index (χ4v) is 3.65. The molecule has 0 amide bonds. The Labute approximate surface area is 159 Å². The van der Waals surface area contributed by atoms with Gasteiger partial charge < -0.3 is 5.11 Å². The fraction of sp³-hybridized carbons (Fsp3) is 0.318. The molecular weight excluding hydrogens is 336 g/mol. The van der Waals surface area contributed by atoms with E-state index in [2.05, 4.69) is 19.9 Å². The summed E-state index contributed by atoms with van der Waals surface area (Å²) in [6.45, 7) is 2.78. The summed E-state index contributed by atoms with van der Waals surface area (Å²) in [6.07, 6.45) is 7.06. The third-order valence-electron chi connectivity index (χ3n) is 5.21.